The number of fused-ring (bicyclic) bond motifs is 3. The van der Waals surface area contributed by atoms with E-state index in [-0.39, 0.29) is 6.04 Å². The van der Waals surface area contributed by atoms with Gasteiger partial charge in [-0.05, 0) is 45.3 Å². The predicted molar refractivity (Wildman–Crippen MR) is 109 cm³/mol. The summed E-state index contributed by atoms with van der Waals surface area (Å²) in [6.07, 6.45) is 0. The molecule has 0 spiro atoms. The van der Waals surface area contributed by atoms with Gasteiger partial charge < -0.3 is 4.90 Å². The van der Waals surface area contributed by atoms with Gasteiger partial charge in [-0.15, -0.1) is 10.2 Å². The zero-order chi connectivity index (χ0) is 19.1. The number of halogens is 2. The van der Waals surface area contributed by atoms with E-state index in [1.165, 1.54) is 0 Å². The highest BCUT2D eigenvalue weighted by molar-refractivity contribution is 6.36. The molecule has 7 heteroatoms. The Balaban J connectivity index is 2.04. The summed E-state index contributed by atoms with van der Waals surface area (Å²) >= 11 is 12.9. The van der Waals surface area contributed by atoms with E-state index in [0.29, 0.717) is 16.6 Å². The number of aryl methyl sites for hydroxylation is 1. The van der Waals surface area contributed by atoms with E-state index < -0.39 is 0 Å². The molecule has 2 aromatic carbocycles. The first-order valence-electron chi connectivity index (χ1n) is 8.65. The Hall–Kier alpha value is -2.21. The van der Waals surface area contributed by atoms with Gasteiger partial charge >= 0.3 is 0 Å². The van der Waals surface area contributed by atoms with Crippen molar-refractivity contribution in [3.63, 3.8) is 0 Å². The Kier molecular flexibility index (Phi) is 4.76. The molecule has 0 bridgehead atoms. The van der Waals surface area contributed by atoms with E-state index in [1.54, 1.807) is 0 Å². The van der Waals surface area contributed by atoms with Crippen LogP contribution in [0.2, 0.25) is 10.0 Å². The summed E-state index contributed by atoms with van der Waals surface area (Å²) in [6.45, 7) is 2.65. The number of rotatable bonds is 3. The molecule has 27 heavy (non-hydrogen) atoms. The molecule has 0 saturated heterocycles. The third kappa shape index (κ3) is 3.27. The van der Waals surface area contributed by atoms with Crippen LogP contribution in [0.3, 0.4) is 0 Å². The van der Waals surface area contributed by atoms with E-state index >= 15 is 0 Å². The molecule has 1 atom stereocenters. The van der Waals surface area contributed by atoms with Crippen molar-refractivity contribution < 1.29 is 0 Å². The first-order chi connectivity index (χ1) is 13.0. The maximum atomic E-state index is 6.53. The van der Waals surface area contributed by atoms with Crippen molar-refractivity contribution in [1.29, 1.82) is 0 Å². The topological polar surface area (TPSA) is 46.3 Å². The van der Waals surface area contributed by atoms with E-state index in [1.807, 2.05) is 63.5 Å². The Bertz CT molecular complexity index is 1040. The summed E-state index contributed by atoms with van der Waals surface area (Å²) in [7, 11) is 4.04. The van der Waals surface area contributed by atoms with Crippen molar-refractivity contribution >= 4 is 28.9 Å². The van der Waals surface area contributed by atoms with Crippen molar-refractivity contribution in [1.82, 2.24) is 19.7 Å². The first-order valence-corrected chi connectivity index (χ1v) is 9.41. The van der Waals surface area contributed by atoms with E-state index in [2.05, 4.69) is 19.7 Å². The van der Waals surface area contributed by atoms with Crippen LogP contribution in [0.4, 0.5) is 0 Å². The summed E-state index contributed by atoms with van der Waals surface area (Å²) in [4.78, 5) is 7.19. The maximum Gasteiger partial charge on any atom is 0.163 e. The molecule has 0 fully saturated rings. The fourth-order valence-electron chi connectivity index (χ4n) is 3.40. The first kappa shape index (κ1) is 18.2. The van der Waals surface area contributed by atoms with Gasteiger partial charge in [0.1, 0.15) is 11.9 Å². The highest BCUT2D eigenvalue weighted by atomic mass is 35.5. The summed E-state index contributed by atoms with van der Waals surface area (Å²) in [6, 6.07) is 13.4. The molecular weight excluding hydrogens is 381 g/mol. The third-order valence-corrected chi connectivity index (χ3v) is 5.12. The van der Waals surface area contributed by atoms with Gasteiger partial charge in [-0.2, -0.15) is 0 Å². The van der Waals surface area contributed by atoms with Gasteiger partial charge in [0.15, 0.2) is 5.82 Å². The molecule has 138 valence electrons. The van der Waals surface area contributed by atoms with Crippen LogP contribution in [0, 0.1) is 6.92 Å². The second-order valence-electron chi connectivity index (χ2n) is 6.84. The van der Waals surface area contributed by atoms with Gasteiger partial charge in [0.2, 0.25) is 0 Å². The fraction of sp³-hybridized carbons (Fsp3) is 0.250. The van der Waals surface area contributed by atoms with Gasteiger partial charge in [0.05, 0.1) is 11.4 Å². The SMILES string of the molecule is Cc1nnc2n1-c1ccc(Cl)cc1C(c1ccccc1Cl)=NC2CN(C)C. The van der Waals surface area contributed by atoms with E-state index in [9.17, 15) is 0 Å². The second kappa shape index (κ2) is 7.08. The van der Waals surface area contributed by atoms with Crippen LogP contribution in [0.5, 0.6) is 0 Å². The quantitative estimate of drug-likeness (QED) is 0.657. The van der Waals surface area contributed by atoms with Gasteiger partial charge in [0, 0.05) is 27.7 Å². The summed E-state index contributed by atoms with van der Waals surface area (Å²) in [5.74, 6) is 1.62. The van der Waals surface area contributed by atoms with Crippen molar-refractivity contribution in [2.75, 3.05) is 20.6 Å². The highest BCUT2D eigenvalue weighted by Crippen LogP contribution is 2.34. The molecule has 0 aliphatic carbocycles. The molecular formula is C20H19Cl2N5. The molecule has 0 radical (unpaired) electrons. The Morgan fingerprint density at radius 1 is 1.04 bits per heavy atom. The molecule has 1 unspecified atom stereocenters. The number of likely N-dealkylation sites (N-methyl/N-ethyl adjacent to an activating group) is 1. The molecule has 0 N–H and O–H groups in total. The van der Waals surface area contributed by atoms with E-state index in [0.717, 1.165) is 34.2 Å². The number of benzene rings is 2. The number of nitrogens with zero attached hydrogens (tertiary/aromatic N) is 5. The lowest BCUT2D eigenvalue weighted by atomic mass is 10.00. The van der Waals surface area contributed by atoms with Crippen LogP contribution in [0.25, 0.3) is 5.69 Å². The highest BCUT2D eigenvalue weighted by Gasteiger charge is 2.29. The second-order valence-corrected chi connectivity index (χ2v) is 7.68. The van der Waals surface area contributed by atoms with Gasteiger partial charge in [-0.3, -0.25) is 9.56 Å². The zero-order valence-electron chi connectivity index (χ0n) is 15.3. The number of aliphatic imine (C=N–C) groups is 1. The molecule has 5 nitrogen and oxygen atoms in total. The molecule has 1 aliphatic heterocycles. The van der Waals surface area contributed by atoms with Gasteiger partial charge in [-0.25, -0.2) is 0 Å². The van der Waals surface area contributed by atoms with Crippen LogP contribution in [-0.4, -0.2) is 46.0 Å². The lowest BCUT2D eigenvalue weighted by Crippen LogP contribution is -2.21. The van der Waals surface area contributed by atoms with Crippen molar-refractivity contribution in [2.45, 2.75) is 13.0 Å². The monoisotopic (exact) mass is 399 g/mol. The Labute approximate surface area is 168 Å². The lowest BCUT2D eigenvalue weighted by Gasteiger charge is -2.17. The normalized spacial score (nSPS) is 15.9. The van der Waals surface area contributed by atoms with Crippen LogP contribution in [-0.2, 0) is 0 Å². The van der Waals surface area contributed by atoms with Crippen molar-refractivity contribution in [3.05, 3.63) is 75.3 Å². The minimum absolute atomic E-state index is 0.182. The van der Waals surface area contributed by atoms with Crippen LogP contribution < -0.4 is 0 Å². The lowest BCUT2D eigenvalue weighted by molar-refractivity contribution is 0.370. The average Bonchev–Trinajstić information content (AvgIpc) is 2.94. The fourth-order valence-corrected chi connectivity index (χ4v) is 3.80. The Morgan fingerprint density at radius 2 is 1.81 bits per heavy atom. The van der Waals surface area contributed by atoms with Gasteiger partial charge in [-0.1, -0.05) is 41.4 Å². The smallest absolute Gasteiger partial charge is 0.163 e. The van der Waals surface area contributed by atoms with Crippen molar-refractivity contribution in [2.24, 2.45) is 4.99 Å². The molecule has 1 aromatic heterocycles. The molecule has 4 rings (SSSR count). The summed E-state index contributed by atoms with van der Waals surface area (Å²) in [5.41, 5.74) is 3.57. The molecule has 3 aromatic rings. The van der Waals surface area contributed by atoms with Crippen LogP contribution >= 0.6 is 23.2 Å². The average molecular weight is 400 g/mol. The number of hydrogen-bond donors (Lipinski definition) is 0. The zero-order valence-corrected chi connectivity index (χ0v) is 16.8. The summed E-state index contributed by atoms with van der Waals surface area (Å²) < 4.78 is 2.06. The minimum atomic E-state index is -0.182. The molecule has 1 aliphatic rings. The van der Waals surface area contributed by atoms with Crippen LogP contribution in [0.1, 0.15) is 28.8 Å². The van der Waals surface area contributed by atoms with Gasteiger partial charge in [0.25, 0.3) is 0 Å². The number of aromatic nitrogens is 3. The third-order valence-electron chi connectivity index (χ3n) is 4.55. The molecule has 2 heterocycles. The summed E-state index contributed by atoms with van der Waals surface area (Å²) in [5, 5.41) is 10.0. The van der Waals surface area contributed by atoms with Crippen LogP contribution in [0.15, 0.2) is 47.5 Å². The van der Waals surface area contributed by atoms with E-state index in [4.69, 9.17) is 28.2 Å². The largest absolute Gasteiger partial charge is 0.307 e. The molecule has 0 saturated carbocycles. The molecule has 0 amide bonds. The Morgan fingerprint density at radius 3 is 2.56 bits per heavy atom. The predicted octanol–water partition coefficient (Wildman–Crippen LogP) is 4.34. The standard InChI is InChI=1S/C20H19Cl2N5/c1-12-24-25-20-17(11-26(2)3)23-19(14-6-4-5-7-16(14)22)15-10-13(21)8-9-18(15)27(12)20/h4-10,17H,11H2,1-3H3. The maximum absolute atomic E-state index is 6.53. The number of hydrogen-bond acceptors (Lipinski definition) is 4. The minimum Gasteiger partial charge on any atom is -0.307 e. The van der Waals surface area contributed by atoms with Crippen molar-refractivity contribution in [3.8, 4) is 5.69 Å².